The molecule has 0 atom stereocenters. The largest absolute Gasteiger partial charge is 0.343 e. The number of nitrogens with one attached hydrogen (secondary N) is 1. The first-order chi connectivity index (χ1) is 17.0. The SMILES string of the molecule is CCn1nc(C)c2ccc(-c3noc(C4CCN(C(=O)CNC(=O)c5ccccc5)CC4)n3)cc21. The van der Waals surface area contributed by atoms with Gasteiger partial charge in [-0.05, 0) is 44.9 Å². The first kappa shape index (κ1) is 22.8. The maximum atomic E-state index is 12.6. The quantitative estimate of drug-likeness (QED) is 0.460. The van der Waals surface area contributed by atoms with Crippen LogP contribution in [0.15, 0.2) is 53.1 Å². The van der Waals surface area contributed by atoms with Crippen LogP contribution in [0.2, 0.25) is 0 Å². The molecule has 0 spiro atoms. The number of piperidine rings is 1. The maximum Gasteiger partial charge on any atom is 0.251 e. The molecule has 1 aliphatic heterocycles. The monoisotopic (exact) mass is 472 g/mol. The lowest BCUT2D eigenvalue weighted by molar-refractivity contribution is -0.131. The number of fused-ring (bicyclic) bond motifs is 1. The third kappa shape index (κ3) is 4.66. The molecule has 3 heterocycles. The summed E-state index contributed by atoms with van der Waals surface area (Å²) < 4.78 is 7.59. The van der Waals surface area contributed by atoms with Gasteiger partial charge in [-0.3, -0.25) is 14.3 Å². The van der Waals surface area contributed by atoms with Crippen LogP contribution in [0.25, 0.3) is 22.3 Å². The van der Waals surface area contributed by atoms with Crippen LogP contribution in [0.3, 0.4) is 0 Å². The van der Waals surface area contributed by atoms with Gasteiger partial charge in [0.05, 0.1) is 17.8 Å². The summed E-state index contributed by atoms with van der Waals surface area (Å²) in [5.41, 5.74) is 3.49. The minimum atomic E-state index is -0.248. The van der Waals surface area contributed by atoms with Crippen molar-refractivity contribution < 1.29 is 14.1 Å². The standard InChI is InChI=1S/C26H28N6O3/c1-3-32-22-15-20(9-10-21(22)17(2)29-32)24-28-26(35-30-24)19-11-13-31(14-12-19)23(33)16-27-25(34)18-7-5-4-6-8-18/h4-10,15,19H,3,11-14,16H2,1-2H3,(H,27,34). The summed E-state index contributed by atoms with van der Waals surface area (Å²) in [5, 5.41) is 12.6. The zero-order valence-corrected chi connectivity index (χ0v) is 19.9. The van der Waals surface area contributed by atoms with E-state index in [0.717, 1.165) is 41.5 Å². The fraction of sp³-hybridized carbons (Fsp3) is 0.346. The third-order valence-electron chi connectivity index (χ3n) is 6.57. The van der Waals surface area contributed by atoms with Crippen molar-refractivity contribution in [2.45, 2.75) is 39.2 Å². The Hall–Kier alpha value is -4.01. The van der Waals surface area contributed by atoms with Crippen LogP contribution in [0.5, 0.6) is 0 Å². The zero-order valence-electron chi connectivity index (χ0n) is 19.9. The predicted octanol–water partition coefficient (Wildman–Crippen LogP) is 3.55. The molecular formula is C26H28N6O3. The predicted molar refractivity (Wildman–Crippen MR) is 131 cm³/mol. The lowest BCUT2D eigenvalue weighted by atomic mass is 9.96. The number of hydrogen-bond donors (Lipinski definition) is 1. The zero-order chi connectivity index (χ0) is 24.4. The molecule has 1 aliphatic rings. The summed E-state index contributed by atoms with van der Waals surface area (Å²) >= 11 is 0. The van der Waals surface area contributed by atoms with Gasteiger partial charge in [0.15, 0.2) is 0 Å². The van der Waals surface area contributed by atoms with Gasteiger partial charge in [0, 0.05) is 42.1 Å². The molecule has 0 radical (unpaired) electrons. The van der Waals surface area contributed by atoms with Gasteiger partial charge in [0.2, 0.25) is 17.6 Å². The highest BCUT2D eigenvalue weighted by Crippen LogP contribution is 2.30. The van der Waals surface area contributed by atoms with E-state index in [1.807, 2.05) is 23.7 Å². The maximum absolute atomic E-state index is 12.6. The van der Waals surface area contributed by atoms with Crippen LogP contribution >= 0.6 is 0 Å². The molecule has 0 unspecified atom stereocenters. The lowest BCUT2D eigenvalue weighted by Crippen LogP contribution is -2.43. The fourth-order valence-corrected chi connectivity index (χ4v) is 4.57. The molecule has 5 rings (SSSR count). The Bertz CT molecular complexity index is 1350. The molecule has 180 valence electrons. The summed E-state index contributed by atoms with van der Waals surface area (Å²) in [6.45, 7) is 6.03. The third-order valence-corrected chi connectivity index (χ3v) is 6.57. The number of aromatic nitrogens is 4. The van der Waals surface area contributed by atoms with Crippen molar-refractivity contribution >= 4 is 22.7 Å². The second kappa shape index (κ2) is 9.69. The van der Waals surface area contributed by atoms with E-state index >= 15 is 0 Å². The van der Waals surface area contributed by atoms with Gasteiger partial charge in [0.25, 0.3) is 5.91 Å². The van der Waals surface area contributed by atoms with Gasteiger partial charge in [-0.25, -0.2) is 0 Å². The van der Waals surface area contributed by atoms with Crippen LogP contribution in [0.4, 0.5) is 0 Å². The minimum Gasteiger partial charge on any atom is -0.343 e. The van der Waals surface area contributed by atoms with Crippen LogP contribution in [-0.4, -0.2) is 56.3 Å². The highest BCUT2D eigenvalue weighted by molar-refractivity contribution is 5.96. The normalized spacial score (nSPS) is 14.4. The number of rotatable bonds is 6. The van der Waals surface area contributed by atoms with Gasteiger partial charge in [-0.1, -0.05) is 35.5 Å². The van der Waals surface area contributed by atoms with Crippen molar-refractivity contribution in [3.63, 3.8) is 0 Å². The summed E-state index contributed by atoms with van der Waals surface area (Å²) in [6.07, 6.45) is 1.47. The highest BCUT2D eigenvalue weighted by Gasteiger charge is 2.28. The van der Waals surface area contributed by atoms with Crippen molar-refractivity contribution in [3.8, 4) is 11.4 Å². The topological polar surface area (TPSA) is 106 Å². The van der Waals surface area contributed by atoms with Crippen LogP contribution in [0.1, 0.15) is 47.6 Å². The highest BCUT2D eigenvalue weighted by atomic mass is 16.5. The minimum absolute atomic E-state index is 0.0145. The molecule has 2 aromatic heterocycles. The van der Waals surface area contributed by atoms with E-state index in [2.05, 4.69) is 39.6 Å². The van der Waals surface area contributed by atoms with E-state index in [0.29, 0.717) is 30.4 Å². The Morgan fingerprint density at radius 2 is 1.89 bits per heavy atom. The number of carbonyl (C=O) groups excluding carboxylic acids is 2. The number of carbonyl (C=O) groups is 2. The second-order valence-corrected chi connectivity index (χ2v) is 8.79. The van der Waals surface area contributed by atoms with Gasteiger partial charge >= 0.3 is 0 Å². The molecule has 9 nitrogen and oxygen atoms in total. The molecule has 1 N–H and O–H groups in total. The van der Waals surface area contributed by atoms with Crippen LogP contribution in [0, 0.1) is 6.92 Å². The van der Waals surface area contributed by atoms with E-state index in [9.17, 15) is 9.59 Å². The lowest BCUT2D eigenvalue weighted by Gasteiger charge is -2.30. The van der Waals surface area contributed by atoms with Crippen molar-refractivity contribution in [2.24, 2.45) is 0 Å². The molecular weight excluding hydrogens is 444 g/mol. The van der Waals surface area contributed by atoms with E-state index in [4.69, 9.17) is 4.52 Å². The molecule has 0 aliphatic carbocycles. The molecule has 1 saturated heterocycles. The van der Waals surface area contributed by atoms with Gasteiger partial charge in [-0.15, -0.1) is 0 Å². The molecule has 1 fully saturated rings. The van der Waals surface area contributed by atoms with E-state index in [-0.39, 0.29) is 24.3 Å². The Morgan fingerprint density at radius 1 is 1.11 bits per heavy atom. The van der Waals surface area contributed by atoms with Crippen molar-refractivity contribution in [2.75, 3.05) is 19.6 Å². The van der Waals surface area contributed by atoms with Crippen molar-refractivity contribution in [3.05, 3.63) is 65.7 Å². The van der Waals surface area contributed by atoms with Gasteiger partial charge in [-0.2, -0.15) is 10.1 Å². The summed E-state index contributed by atoms with van der Waals surface area (Å²) in [5.74, 6) is 0.930. The van der Waals surface area contributed by atoms with Crippen molar-refractivity contribution in [1.82, 2.24) is 30.1 Å². The average molecular weight is 473 g/mol. The number of amides is 2. The summed E-state index contributed by atoms with van der Waals surface area (Å²) in [4.78, 5) is 31.2. The average Bonchev–Trinajstić information content (AvgIpc) is 3.52. The summed E-state index contributed by atoms with van der Waals surface area (Å²) in [7, 11) is 0. The molecule has 9 heteroatoms. The fourth-order valence-electron chi connectivity index (χ4n) is 4.57. The van der Waals surface area contributed by atoms with Crippen molar-refractivity contribution in [1.29, 1.82) is 0 Å². The van der Waals surface area contributed by atoms with E-state index in [1.54, 1.807) is 29.2 Å². The molecule has 35 heavy (non-hydrogen) atoms. The molecule has 2 amide bonds. The number of aryl methyl sites for hydroxylation is 2. The second-order valence-electron chi connectivity index (χ2n) is 8.79. The first-order valence-corrected chi connectivity index (χ1v) is 12.0. The first-order valence-electron chi connectivity index (χ1n) is 12.0. The van der Waals surface area contributed by atoms with E-state index < -0.39 is 0 Å². The number of likely N-dealkylation sites (tertiary alicyclic amines) is 1. The van der Waals surface area contributed by atoms with Crippen LogP contribution < -0.4 is 5.32 Å². The molecule has 0 bridgehead atoms. The molecule has 0 saturated carbocycles. The Morgan fingerprint density at radius 3 is 2.63 bits per heavy atom. The number of benzene rings is 2. The van der Waals surface area contributed by atoms with E-state index in [1.165, 1.54) is 0 Å². The number of nitrogens with zero attached hydrogens (tertiary/aromatic N) is 5. The summed E-state index contributed by atoms with van der Waals surface area (Å²) in [6, 6.07) is 15.0. The molecule has 4 aromatic rings. The van der Waals surface area contributed by atoms with Gasteiger partial charge < -0.3 is 14.7 Å². The smallest absolute Gasteiger partial charge is 0.251 e. The van der Waals surface area contributed by atoms with Gasteiger partial charge in [0.1, 0.15) is 0 Å². The Balaban J connectivity index is 1.18. The van der Waals surface area contributed by atoms with Crippen LogP contribution in [-0.2, 0) is 11.3 Å². The molecule has 2 aromatic carbocycles. The number of hydrogen-bond acceptors (Lipinski definition) is 6. The Labute approximate surface area is 203 Å². The Kier molecular flexibility index (Phi) is 6.31.